The molecule has 0 N–H and O–H groups in total. The molecule has 6 rings (SSSR count). The lowest BCUT2D eigenvalue weighted by atomic mass is 9.77. The summed E-state index contributed by atoms with van der Waals surface area (Å²) in [7, 11) is 1.63. The molecule has 1 saturated carbocycles. The number of methoxy groups -OCH3 is 1. The predicted octanol–water partition coefficient (Wildman–Crippen LogP) is 4.92. The third kappa shape index (κ3) is 3.74. The molecule has 3 aliphatic rings. The molecule has 180 valence electrons. The number of piperidine rings is 1. The quantitative estimate of drug-likeness (QED) is 0.514. The average molecular weight is 483 g/mol. The van der Waals surface area contributed by atoms with Gasteiger partial charge in [-0.05, 0) is 50.5 Å². The fraction of sp³-hybridized carbons (Fsp3) is 0.538. The standard InChI is InChI=1S/C26H31ClN4O3/c1-17-22(20-4-3-5-21(32-2)23(20)27)24-28-10-13-31(24)25(29-17)30-11-8-26(9-12-30)7-6-18(14-26)34-19-15-33-16-19/h3-5,10,13,18-19H,6-9,11-12,14-16H2,1-2H3/t18-/m0/s1. The Kier molecular flexibility index (Phi) is 5.66. The summed E-state index contributed by atoms with van der Waals surface area (Å²) >= 11 is 6.68. The second-order valence-electron chi connectivity index (χ2n) is 9.96. The highest BCUT2D eigenvalue weighted by Crippen LogP contribution is 2.48. The smallest absolute Gasteiger partial charge is 0.211 e. The summed E-state index contributed by atoms with van der Waals surface area (Å²) in [4.78, 5) is 12.2. The molecule has 1 aliphatic carbocycles. The SMILES string of the molecule is COc1cccc(-c2c(C)nc(N3CCC4(CC[C@H](OC5COC5)C4)CC3)n3ccnc23)c1Cl. The molecular weight excluding hydrogens is 452 g/mol. The molecule has 8 heteroatoms. The first-order chi connectivity index (χ1) is 16.6. The molecule has 34 heavy (non-hydrogen) atoms. The van der Waals surface area contributed by atoms with Gasteiger partial charge in [-0.15, -0.1) is 0 Å². The van der Waals surface area contributed by atoms with Crippen molar-refractivity contribution in [1.29, 1.82) is 0 Å². The van der Waals surface area contributed by atoms with Crippen LogP contribution in [0.15, 0.2) is 30.6 Å². The third-order valence-corrected chi connectivity index (χ3v) is 8.31. The molecule has 1 atom stereocenters. The van der Waals surface area contributed by atoms with Crippen LogP contribution in [0.5, 0.6) is 5.75 Å². The molecule has 0 bridgehead atoms. The molecule has 1 spiro atoms. The largest absolute Gasteiger partial charge is 0.495 e. The minimum absolute atomic E-state index is 0.318. The molecule has 2 aliphatic heterocycles. The van der Waals surface area contributed by atoms with E-state index in [0.717, 1.165) is 54.7 Å². The van der Waals surface area contributed by atoms with Gasteiger partial charge >= 0.3 is 0 Å². The van der Waals surface area contributed by atoms with Gasteiger partial charge in [-0.1, -0.05) is 23.7 Å². The zero-order valence-corrected chi connectivity index (χ0v) is 20.6. The Balaban J connectivity index is 1.25. The number of nitrogens with zero attached hydrogens (tertiary/aromatic N) is 4. The van der Waals surface area contributed by atoms with Crippen molar-refractivity contribution in [3.05, 3.63) is 41.3 Å². The number of fused-ring (bicyclic) bond motifs is 1. The monoisotopic (exact) mass is 482 g/mol. The number of aromatic nitrogens is 3. The molecule has 3 fully saturated rings. The van der Waals surface area contributed by atoms with Gasteiger partial charge in [0, 0.05) is 36.6 Å². The Morgan fingerprint density at radius 2 is 1.97 bits per heavy atom. The van der Waals surface area contributed by atoms with E-state index in [-0.39, 0.29) is 0 Å². The molecule has 7 nitrogen and oxygen atoms in total. The Labute approximate surface area is 205 Å². The summed E-state index contributed by atoms with van der Waals surface area (Å²) in [5, 5.41) is 0.582. The lowest BCUT2D eigenvalue weighted by Gasteiger charge is -2.40. The van der Waals surface area contributed by atoms with Gasteiger partial charge in [-0.25, -0.2) is 9.97 Å². The van der Waals surface area contributed by atoms with Crippen molar-refractivity contribution in [1.82, 2.24) is 14.4 Å². The van der Waals surface area contributed by atoms with Crippen LogP contribution >= 0.6 is 11.6 Å². The van der Waals surface area contributed by atoms with Gasteiger partial charge in [0.1, 0.15) is 17.5 Å². The summed E-state index contributed by atoms with van der Waals surface area (Å²) < 4.78 is 19.1. The summed E-state index contributed by atoms with van der Waals surface area (Å²) in [6, 6.07) is 5.82. The maximum Gasteiger partial charge on any atom is 0.211 e. The number of halogens is 1. The minimum Gasteiger partial charge on any atom is -0.495 e. The number of rotatable bonds is 5. The maximum atomic E-state index is 6.68. The topological polar surface area (TPSA) is 61.1 Å². The van der Waals surface area contributed by atoms with Crippen molar-refractivity contribution < 1.29 is 14.2 Å². The van der Waals surface area contributed by atoms with Gasteiger partial charge in [0.2, 0.25) is 5.95 Å². The van der Waals surface area contributed by atoms with E-state index in [4.69, 9.17) is 35.8 Å². The highest BCUT2D eigenvalue weighted by atomic mass is 35.5. The predicted molar refractivity (Wildman–Crippen MR) is 132 cm³/mol. The Bertz CT molecular complexity index is 1200. The molecule has 3 aromatic rings. The highest BCUT2D eigenvalue weighted by Gasteiger charge is 2.43. The lowest BCUT2D eigenvalue weighted by molar-refractivity contribution is -0.154. The first kappa shape index (κ1) is 22.1. The highest BCUT2D eigenvalue weighted by molar-refractivity contribution is 6.35. The molecule has 0 radical (unpaired) electrons. The number of anilines is 1. The van der Waals surface area contributed by atoms with Gasteiger partial charge in [0.05, 0.1) is 37.1 Å². The second kappa shape index (κ2) is 8.70. The van der Waals surface area contributed by atoms with E-state index in [1.807, 2.05) is 37.5 Å². The Hall–Kier alpha value is -2.35. The van der Waals surface area contributed by atoms with E-state index >= 15 is 0 Å². The fourth-order valence-corrected chi connectivity index (χ4v) is 6.24. The molecule has 4 heterocycles. The summed E-state index contributed by atoms with van der Waals surface area (Å²) in [6.45, 7) is 5.56. The van der Waals surface area contributed by atoms with Gasteiger partial charge in [0.15, 0.2) is 0 Å². The number of imidazole rings is 1. The van der Waals surface area contributed by atoms with Crippen molar-refractivity contribution in [3.63, 3.8) is 0 Å². The zero-order chi connectivity index (χ0) is 23.3. The van der Waals surface area contributed by atoms with Gasteiger partial charge in [0.25, 0.3) is 0 Å². The molecular formula is C26H31ClN4O3. The van der Waals surface area contributed by atoms with Crippen LogP contribution in [0.1, 0.15) is 37.8 Å². The van der Waals surface area contributed by atoms with Gasteiger partial charge < -0.3 is 19.1 Å². The summed E-state index contributed by atoms with van der Waals surface area (Å²) in [5.74, 6) is 1.61. The van der Waals surface area contributed by atoms with Crippen molar-refractivity contribution in [2.75, 3.05) is 38.3 Å². The van der Waals surface area contributed by atoms with Gasteiger partial charge in [-0.3, -0.25) is 4.40 Å². The van der Waals surface area contributed by atoms with Gasteiger partial charge in [-0.2, -0.15) is 0 Å². The lowest BCUT2D eigenvalue weighted by Crippen LogP contribution is -2.41. The van der Waals surface area contributed by atoms with Crippen LogP contribution in [0.2, 0.25) is 5.02 Å². The third-order valence-electron chi connectivity index (χ3n) is 7.92. The Morgan fingerprint density at radius 1 is 1.15 bits per heavy atom. The van der Waals surface area contributed by atoms with Crippen LogP contribution in [0.25, 0.3) is 16.8 Å². The zero-order valence-electron chi connectivity index (χ0n) is 19.8. The summed E-state index contributed by atoms with van der Waals surface area (Å²) in [5.41, 5.74) is 4.03. The minimum atomic E-state index is 0.318. The van der Waals surface area contributed by atoms with Crippen LogP contribution in [0, 0.1) is 12.3 Å². The number of hydrogen-bond donors (Lipinski definition) is 0. The van der Waals surface area contributed by atoms with Crippen LogP contribution in [0.3, 0.4) is 0 Å². The van der Waals surface area contributed by atoms with E-state index in [1.54, 1.807) is 7.11 Å². The van der Waals surface area contributed by atoms with Crippen molar-refractivity contribution in [2.24, 2.45) is 5.41 Å². The van der Waals surface area contributed by atoms with Crippen molar-refractivity contribution in [2.45, 2.75) is 51.2 Å². The average Bonchev–Trinajstić information content (AvgIpc) is 3.45. The normalized spacial score (nSPS) is 22.4. The fourth-order valence-electron chi connectivity index (χ4n) is 5.94. The van der Waals surface area contributed by atoms with E-state index < -0.39 is 0 Å². The molecule has 2 aromatic heterocycles. The first-order valence-corrected chi connectivity index (χ1v) is 12.6. The summed E-state index contributed by atoms with van der Waals surface area (Å²) in [6.07, 6.45) is 10.5. The number of hydrogen-bond acceptors (Lipinski definition) is 6. The van der Waals surface area contributed by atoms with E-state index in [9.17, 15) is 0 Å². The number of benzene rings is 1. The Morgan fingerprint density at radius 3 is 2.71 bits per heavy atom. The first-order valence-electron chi connectivity index (χ1n) is 12.2. The van der Waals surface area contributed by atoms with Crippen LogP contribution in [-0.4, -0.2) is 60.0 Å². The van der Waals surface area contributed by atoms with E-state index in [1.165, 1.54) is 32.1 Å². The number of aryl methyl sites for hydroxylation is 1. The second-order valence-corrected chi connectivity index (χ2v) is 10.3. The molecule has 1 aromatic carbocycles. The van der Waals surface area contributed by atoms with Crippen molar-refractivity contribution >= 4 is 23.2 Å². The van der Waals surface area contributed by atoms with Crippen LogP contribution < -0.4 is 9.64 Å². The van der Waals surface area contributed by atoms with Crippen LogP contribution in [0.4, 0.5) is 5.95 Å². The molecule has 0 unspecified atom stereocenters. The maximum absolute atomic E-state index is 6.68. The number of ether oxygens (including phenoxy) is 3. The van der Waals surface area contributed by atoms with E-state index in [2.05, 4.69) is 9.30 Å². The van der Waals surface area contributed by atoms with Crippen molar-refractivity contribution in [3.8, 4) is 16.9 Å². The molecule has 0 amide bonds. The van der Waals surface area contributed by atoms with E-state index in [0.29, 0.717) is 28.4 Å². The van der Waals surface area contributed by atoms with Crippen LogP contribution in [-0.2, 0) is 9.47 Å². The molecule has 2 saturated heterocycles.